The minimum absolute atomic E-state index is 0.127. The Morgan fingerprint density at radius 1 is 1.38 bits per heavy atom. The smallest absolute Gasteiger partial charge is 0.236 e. The number of likely N-dealkylation sites (N-methyl/N-ethyl adjacent to an activating group) is 1. The maximum absolute atomic E-state index is 11.5. The molecular weight excluding hydrogens is 204 g/mol. The summed E-state index contributed by atoms with van der Waals surface area (Å²) in [5, 5.41) is 12.1. The highest BCUT2D eigenvalue weighted by Crippen LogP contribution is 2.08. The first kappa shape index (κ1) is 15.4. The van der Waals surface area contributed by atoms with E-state index >= 15 is 0 Å². The van der Waals surface area contributed by atoms with Crippen molar-refractivity contribution in [2.45, 2.75) is 33.1 Å². The summed E-state index contributed by atoms with van der Waals surface area (Å²) >= 11 is 0. The predicted molar refractivity (Wildman–Crippen MR) is 66.3 cm³/mol. The van der Waals surface area contributed by atoms with E-state index < -0.39 is 0 Å². The van der Waals surface area contributed by atoms with Crippen LogP contribution in [0.1, 0.15) is 33.1 Å². The lowest BCUT2D eigenvalue weighted by Crippen LogP contribution is -2.37. The third-order valence-electron chi connectivity index (χ3n) is 2.84. The van der Waals surface area contributed by atoms with E-state index in [2.05, 4.69) is 12.2 Å². The molecule has 0 spiro atoms. The van der Waals surface area contributed by atoms with E-state index in [0.29, 0.717) is 12.5 Å². The zero-order chi connectivity index (χ0) is 12.4. The highest BCUT2D eigenvalue weighted by atomic mass is 16.3. The van der Waals surface area contributed by atoms with Crippen LogP contribution in [0.2, 0.25) is 0 Å². The Hall–Kier alpha value is -0.610. The SMILES string of the molecule is CCCC(CCO)CNCC(=O)N(C)CC. The Morgan fingerprint density at radius 2 is 2.06 bits per heavy atom. The molecule has 0 saturated heterocycles. The number of hydrogen-bond acceptors (Lipinski definition) is 3. The molecule has 0 heterocycles. The summed E-state index contributed by atoms with van der Waals surface area (Å²) in [6.07, 6.45) is 3.04. The van der Waals surface area contributed by atoms with Crippen LogP contribution < -0.4 is 5.32 Å². The second-order valence-electron chi connectivity index (χ2n) is 4.21. The third kappa shape index (κ3) is 6.80. The molecule has 96 valence electrons. The van der Waals surface area contributed by atoms with Crippen molar-refractivity contribution in [1.29, 1.82) is 0 Å². The Balaban J connectivity index is 3.71. The molecule has 0 radical (unpaired) electrons. The van der Waals surface area contributed by atoms with Gasteiger partial charge in [-0.3, -0.25) is 4.79 Å². The molecule has 0 aromatic rings. The van der Waals surface area contributed by atoms with Gasteiger partial charge in [0.15, 0.2) is 0 Å². The zero-order valence-electron chi connectivity index (χ0n) is 10.8. The zero-order valence-corrected chi connectivity index (χ0v) is 10.8. The molecule has 1 unspecified atom stereocenters. The van der Waals surface area contributed by atoms with Gasteiger partial charge in [-0.1, -0.05) is 13.3 Å². The van der Waals surface area contributed by atoms with E-state index in [1.54, 1.807) is 11.9 Å². The fraction of sp³-hybridized carbons (Fsp3) is 0.917. The van der Waals surface area contributed by atoms with E-state index in [4.69, 9.17) is 5.11 Å². The minimum Gasteiger partial charge on any atom is -0.396 e. The summed E-state index contributed by atoms with van der Waals surface area (Å²) in [7, 11) is 1.81. The van der Waals surface area contributed by atoms with Gasteiger partial charge in [0.05, 0.1) is 6.54 Å². The van der Waals surface area contributed by atoms with Crippen molar-refractivity contribution in [3.63, 3.8) is 0 Å². The number of rotatable bonds is 9. The number of hydrogen-bond donors (Lipinski definition) is 2. The van der Waals surface area contributed by atoms with Crippen LogP contribution in [0.5, 0.6) is 0 Å². The van der Waals surface area contributed by atoms with E-state index in [-0.39, 0.29) is 12.5 Å². The van der Waals surface area contributed by atoms with Gasteiger partial charge in [-0.2, -0.15) is 0 Å². The van der Waals surface area contributed by atoms with E-state index in [9.17, 15) is 4.79 Å². The van der Waals surface area contributed by atoms with Crippen molar-refractivity contribution < 1.29 is 9.90 Å². The molecule has 0 aliphatic carbocycles. The predicted octanol–water partition coefficient (Wildman–Crippen LogP) is 0.853. The van der Waals surface area contributed by atoms with Crippen LogP contribution in [0.3, 0.4) is 0 Å². The largest absolute Gasteiger partial charge is 0.396 e. The Kier molecular flexibility index (Phi) is 9.24. The lowest BCUT2D eigenvalue weighted by molar-refractivity contribution is -0.128. The van der Waals surface area contributed by atoms with Crippen LogP contribution in [0, 0.1) is 5.92 Å². The number of aliphatic hydroxyl groups is 1. The molecule has 0 bridgehead atoms. The molecule has 1 atom stereocenters. The lowest BCUT2D eigenvalue weighted by Gasteiger charge is -2.18. The maximum Gasteiger partial charge on any atom is 0.236 e. The van der Waals surface area contributed by atoms with Gasteiger partial charge in [-0.05, 0) is 32.2 Å². The van der Waals surface area contributed by atoms with Crippen molar-refractivity contribution >= 4 is 5.91 Å². The lowest BCUT2D eigenvalue weighted by atomic mass is 10.0. The molecule has 0 aliphatic rings. The average molecular weight is 230 g/mol. The van der Waals surface area contributed by atoms with Gasteiger partial charge < -0.3 is 15.3 Å². The highest BCUT2D eigenvalue weighted by molar-refractivity contribution is 5.77. The molecule has 4 nitrogen and oxygen atoms in total. The van der Waals surface area contributed by atoms with E-state index in [1.807, 2.05) is 6.92 Å². The number of amides is 1. The first-order chi connectivity index (χ1) is 7.65. The first-order valence-electron chi connectivity index (χ1n) is 6.21. The Labute approximate surface area is 99.0 Å². The number of aliphatic hydroxyl groups excluding tert-OH is 1. The topological polar surface area (TPSA) is 52.6 Å². The molecule has 0 aliphatic heterocycles. The van der Waals surface area contributed by atoms with Crippen LogP contribution in [0.4, 0.5) is 0 Å². The van der Waals surface area contributed by atoms with Crippen molar-refractivity contribution in [2.75, 3.05) is 33.3 Å². The molecule has 1 amide bonds. The normalized spacial score (nSPS) is 12.5. The fourth-order valence-electron chi connectivity index (χ4n) is 1.63. The summed E-state index contributed by atoms with van der Waals surface area (Å²) in [5.74, 6) is 0.608. The first-order valence-corrected chi connectivity index (χ1v) is 6.21. The minimum atomic E-state index is 0.127. The van der Waals surface area contributed by atoms with Crippen molar-refractivity contribution in [1.82, 2.24) is 10.2 Å². The van der Waals surface area contributed by atoms with E-state index in [0.717, 1.165) is 32.4 Å². The van der Waals surface area contributed by atoms with E-state index in [1.165, 1.54) is 0 Å². The molecule has 4 heteroatoms. The monoisotopic (exact) mass is 230 g/mol. The van der Waals surface area contributed by atoms with Gasteiger partial charge in [-0.15, -0.1) is 0 Å². The number of carbonyl (C=O) groups is 1. The summed E-state index contributed by atoms with van der Waals surface area (Å²) in [5.41, 5.74) is 0. The summed E-state index contributed by atoms with van der Waals surface area (Å²) < 4.78 is 0. The average Bonchev–Trinajstić information content (AvgIpc) is 2.28. The van der Waals surface area contributed by atoms with Gasteiger partial charge in [0.25, 0.3) is 0 Å². The fourth-order valence-corrected chi connectivity index (χ4v) is 1.63. The van der Waals surface area contributed by atoms with Crippen molar-refractivity contribution in [3.05, 3.63) is 0 Å². The molecular formula is C12H26N2O2. The third-order valence-corrected chi connectivity index (χ3v) is 2.84. The maximum atomic E-state index is 11.5. The number of carbonyl (C=O) groups excluding carboxylic acids is 1. The summed E-state index contributed by atoms with van der Waals surface area (Å²) in [6, 6.07) is 0. The summed E-state index contributed by atoms with van der Waals surface area (Å²) in [4.78, 5) is 13.2. The van der Waals surface area contributed by atoms with Gasteiger partial charge in [0, 0.05) is 20.2 Å². The highest BCUT2D eigenvalue weighted by Gasteiger charge is 2.09. The van der Waals surface area contributed by atoms with Crippen molar-refractivity contribution in [2.24, 2.45) is 5.92 Å². The molecule has 0 rings (SSSR count). The van der Waals surface area contributed by atoms with Gasteiger partial charge >= 0.3 is 0 Å². The van der Waals surface area contributed by atoms with Crippen molar-refractivity contribution in [3.8, 4) is 0 Å². The second-order valence-corrected chi connectivity index (χ2v) is 4.21. The van der Waals surface area contributed by atoms with Crippen LogP contribution in [0.25, 0.3) is 0 Å². The van der Waals surface area contributed by atoms with Crippen LogP contribution >= 0.6 is 0 Å². The molecule has 0 aromatic carbocycles. The Bertz CT molecular complexity index is 180. The quantitative estimate of drug-likeness (QED) is 0.617. The number of nitrogens with zero attached hydrogens (tertiary/aromatic N) is 1. The van der Waals surface area contributed by atoms with Crippen LogP contribution in [-0.4, -0.2) is 49.2 Å². The molecule has 2 N–H and O–H groups in total. The number of nitrogens with one attached hydrogen (secondary N) is 1. The second kappa shape index (κ2) is 9.60. The molecule has 16 heavy (non-hydrogen) atoms. The van der Waals surface area contributed by atoms with Crippen LogP contribution in [-0.2, 0) is 4.79 Å². The summed E-state index contributed by atoms with van der Waals surface area (Å²) in [6.45, 7) is 6.29. The van der Waals surface area contributed by atoms with Gasteiger partial charge in [0.2, 0.25) is 5.91 Å². The molecule has 0 saturated carbocycles. The standard InChI is InChI=1S/C12H26N2O2/c1-4-6-11(7-8-15)9-13-10-12(16)14(3)5-2/h11,13,15H,4-10H2,1-3H3. The molecule has 0 fully saturated rings. The van der Waals surface area contributed by atoms with Crippen LogP contribution in [0.15, 0.2) is 0 Å². The Morgan fingerprint density at radius 3 is 2.56 bits per heavy atom. The molecule has 0 aromatic heterocycles. The van der Waals surface area contributed by atoms with Gasteiger partial charge in [0.1, 0.15) is 0 Å². The van der Waals surface area contributed by atoms with Gasteiger partial charge in [-0.25, -0.2) is 0 Å².